The Kier molecular flexibility index (Phi) is 8.28. The van der Waals surface area contributed by atoms with E-state index in [0.717, 1.165) is 41.8 Å². The van der Waals surface area contributed by atoms with Gasteiger partial charge in [-0.05, 0) is 42.7 Å². The maximum absolute atomic E-state index is 13.5. The molecule has 2 aromatic heterocycles. The summed E-state index contributed by atoms with van der Waals surface area (Å²) in [5, 5.41) is 15.5. The predicted molar refractivity (Wildman–Crippen MR) is 170 cm³/mol. The zero-order valence-corrected chi connectivity index (χ0v) is 25.0. The van der Waals surface area contributed by atoms with Crippen LogP contribution in [-0.4, -0.2) is 121 Å². The van der Waals surface area contributed by atoms with Crippen LogP contribution in [0.5, 0.6) is 5.88 Å². The van der Waals surface area contributed by atoms with Crippen molar-refractivity contribution in [2.24, 2.45) is 0 Å². The molecule has 0 atom stereocenters. The quantitative estimate of drug-likeness (QED) is 0.161. The number of morpholine rings is 1. The fourth-order valence-corrected chi connectivity index (χ4v) is 5.89. The van der Waals surface area contributed by atoms with Crippen molar-refractivity contribution in [2.75, 3.05) is 57.4 Å². The minimum Gasteiger partial charge on any atom is -0.470 e. The number of benzene rings is 2. The van der Waals surface area contributed by atoms with E-state index in [1.807, 2.05) is 47.3 Å². The first kappa shape index (κ1) is 29.5. The number of rotatable bonds is 10. The van der Waals surface area contributed by atoms with Crippen LogP contribution in [0.15, 0.2) is 60.7 Å². The van der Waals surface area contributed by atoms with Crippen LogP contribution in [0.3, 0.4) is 0 Å². The normalized spacial score (nSPS) is 17.9. The van der Waals surface area contributed by atoms with Crippen molar-refractivity contribution in [3.63, 3.8) is 0 Å². The second-order valence-corrected chi connectivity index (χ2v) is 11.5. The number of fused-ring (bicyclic) bond motifs is 1. The number of carbonyl (C=O) groups is 2. The van der Waals surface area contributed by atoms with Crippen molar-refractivity contribution in [1.29, 1.82) is 0 Å². The SMILES string of the molecule is CB(O)N1CC(Oc2nn(-c3ccccc3)c3nc(C(=O)OC4CN([B]C=O)C4)cc(-c4ccc(N5CCOCC5)cc4)c23)C1. The Morgan fingerprint density at radius 3 is 2.44 bits per heavy atom. The highest BCUT2D eigenvalue weighted by atomic mass is 16.5. The van der Waals surface area contributed by atoms with Gasteiger partial charge in [-0.1, -0.05) is 30.3 Å². The van der Waals surface area contributed by atoms with Gasteiger partial charge in [-0.3, -0.25) is 0 Å². The van der Waals surface area contributed by atoms with Crippen molar-refractivity contribution in [2.45, 2.75) is 19.0 Å². The van der Waals surface area contributed by atoms with Crippen molar-refractivity contribution >= 4 is 43.3 Å². The molecule has 0 amide bonds. The van der Waals surface area contributed by atoms with Crippen LogP contribution >= 0.6 is 0 Å². The van der Waals surface area contributed by atoms with Gasteiger partial charge in [0.2, 0.25) is 5.88 Å². The summed E-state index contributed by atoms with van der Waals surface area (Å²) < 4.78 is 19.4. The highest BCUT2D eigenvalue weighted by Gasteiger charge is 2.35. The number of hydrogen-bond donors (Lipinski definition) is 1. The maximum Gasteiger partial charge on any atom is 0.376 e. The molecule has 0 saturated carbocycles. The van der Waals surface area contributed by atoms with Crippen LogP contribution in [0, 0.1) is 0 Å². The first-order chi connectivity index (χ1) is 22.0. The highest BCUT2D eigenvalue weighted by molar-refractivity contribution is 6.64. The summed E-state index contributed by atoms with van der Waals surface area (Å²) in [6.45, 7) is 6.81. The minimum atomic E-state index is -0.557. The van der Waals surface area contributed by atoms with Gasteiger partial charge in [0.25, 0.3) is 7.41 Å². The van der Waals surface area contributed by atoms with Gasteiger partial charge in [-0.25, -0.2) is 14.5 Å². The molecule has 2 aromatic carbocycles. The Hall–Kier alpha value is -4.23. The van der Waals surface area contributed by atoms with E-state index in [0.29, 0.717) is 56.3 Å². The molecule has 4 aromatic rings. The number of anilines is 1. The number of hydrogen-bond acceptors (Lipinski definition) is 11. The van der Waals surface area contributed by atoms with Crippen LogP contribution < -0.4 is 9.64 Å². The number of esters is 1. The van der Waals surface area contributed by atoms with Gasteiger partial charge in [0.05, 0.1) is 30.5 Å². The van der Waals surface area contributed by atoms with Gasteiger partial charge in [-0.2, -0.15) is 0 Å². The maximum atomic E-state index is 13.5. The van der Waals surface area contributed by atoms with Gasteiger partial charge in [-0.15, -0.1) is 5.10 Å². The van der Waals surface area contributed by atoms with E-state index in [9.17, 15) is 14.6 Å². The molecule has 14 heteroatoms. The zero-order valence-electron chi connectivity index (χ0n) is 25.0. The van der Waals surface area contributed by atoms with Crippen LogP contribution in [-0.2, 0) is 14.3 Å². The lowest BCUT2D eigenvalue weighted by atomic mass is 9.81. The number of nitrogens with zero attached hydrogens (tertiary/aromatic N) is 6. The van der Waals surface area contributed by atoms with Crippen LogP contribution in [0.2, 0.25) is 6.82 Å². The molecular formula is C31H33B2N6O6. The number of aromatic nitrogens is 3. The Morgan fingerprint density at radius 1 is 1.02 bits per heavy atom. The average Bonchev–Trinajstić information content (AvgIpc) is 3.40. The summed E-state index contributed by atoms with van der Waals surface area (Å²) >= 11 is 0. The Bertz CT molecular complexity index is 1670. The smallest absolute Gasteiger partial charge is 0.376 e. The summed E-state index contributed by atoms with van der Waals surface area (Å²) in [7, 11) is 0.883. The van der Waals surface area contributed by atoms with E-state index in [2.05, 4.69) is 17.0 Å². The van der Waals surface area contributed by atoms with E-state index < -0.39 is 13.0 Å². The molecule has 7 rings (SSSR count). The van der Waals surface area contributed by atoms with Gasteiger partial charge in [0.1, 0.15) is 12.2 Å². The van der Waals surface area contributed by atoms with Crippen molar-refractivity contribution in [3.05, 3.63) is 66.4 Å². The second-order valence-electron chi connectivity index (χ2n) is 11.5. The standard InChI is InChI=1S/C31H33B2N6O6/c1-33(42)38-18-25(19-38)44-30-28-26(21-7-9-22(10-8-21)36-11-13-43-14-12-36)15-27(31(41)45-24-16-37(17-24)32-20-40)34-29(28)39(35-30)23-5-3-2-4-6-23/h2-10,15,20,24-25,42H,11-14,16-19H2,1H3. The van der Waals surface area contributed by atoms with Gasteiger partial charge in [0.15, 0.2) is 11.3 Å². The summed E-state index contributed by atoms with van der Waals surface area (Å²) in [6.07, 6.45) is 0.226. The summed E-state index contributed by atoms with van der Waals surface area (Å²) in [5.41, 5.74) is 4.10. The van der Waals surface area contributed by atoms with Gasteiger partial charge >= 0.3 is 13.0 Å². The number of carbonyl (C=O) groups excluding carboxylic acids is 2. The molecule has 3 aliphatic rings. The summed E-state index contributed by atoms with van der Waals surface area (Å²) in [6, 6.07) is 19.6. The highest BCUT2D eigenvalue weighted by Crippen LogP contribution is 2.38. The molecule has 0 spiro atoms. The van der Waals surface area contributed by atoms with Crippen LogP contribution in [0.4, 0.5) is 5.69 Å². The van der Waals surface area contributed by atoms with E-state index in [1.54, 1.807) is 22.4 Å². The molecule has 0 unspecified atom stereocenters. The molecule has 1 N–H and O–H groups in total. The Morgan fingerprint density at radius 2 is 1.76 bits per heavy atom. The summed E-state index contributed by atoms with van der Waals surface area (Å²) in [5.74, 6) is -0.142. The largest absolute Gasteiger partial charge is 0.470 e. The van der Waals surface area contributed by atoms with E-state index in [1.165, 1.54) is 7.41 Å². The summed E-state index contributed by atoms with van der Waals surface area (Å²) in [4.78, 5) is 35.1. The number of ether oxygens (including phenoxy) is 3. The van der Waals surface area contributed by atoms with E-state index in [4.69, 9.17) is 24.3 Å². The van der Waals surface area contributed by atoms with Crippen molar-refractivity contribution in [3.8, 4) is 22.7 Å². The molecule has 0 aliphatic carbocycles. The fraction of sp³-hybridized carbons (Fsp3) is 0.355. The van der Waals surface area contributed by atoms with Crippen LogP contribution in [0.1, 0.15) is 10.5 Å². The topological polar surface area (TPSA) is 122 Å². The lowest BCUT2D eigenvalue weighted by molar-refractivity contribution is -0.00508. The molecule has 229 valence electrons. The average molecular weight is 607 g/mol. The van der Waals surface area contributed by atoms with E-state index >= 15 is 0 Å². The molecule has 5 heterocycles. The van der Waals surface area contributed by atoms with Crippen molar-refractivity contribution < 1.29 is 28.8 Å². The molecule has 3 aliphatic heterocycles. The third-order valence-corrected chi connectivity index (χ3v) is 8.47. The molecule has 3 saturated heterocycles. The zero-order chi connectivity index (χ0) is 30.9. The Labute approximate surface area is 261 Å². The van der Waals surface area contributed by atoms with Gasteiger partial charge in [0, 0.05) is 50.5 Å². The Balaban J connectivity index is 1.30. The first-order valence-corrected chi connectivity index (χ1v) is 15.2. The molecule has 3 fully saturated rings. The fourth-order valence-electron chi connectivity index (χ4n) is 5.89. The molecular weight excluding hydrogens is 574 g/mol. The third kappa shape index (κ3) is 6.06. The molecule has 0 bridgehead atoms. The monoisotopic (exact) mass is 607 g/mol. The van der Waals surface area contributed by atoms with Crippen LogP contribution in [0.25, 0.3) is 27.8 Å². The lowest BCUT2D eigenvalue weighted by Gasteiger charge is -2.39. The number of para-hydroxylation sites is 1. The third-order valence-electron chi connectivity index (χ3n) is 8.47. The minimum absolute atomic E-state index is 0.153. The molecule has 1 radical (unpaired) electrons. The predicted octanol–water partition coefficient (Wildman–Crippen LogP) is 1.75. The lowest BCUT2D eigenvalue weighted by Crippen LogP contribution is -2.59. The van der Waals surface area contributed by atoms with Gasteiger partial charge < -0.3 is 38.6 Å². The number of pyridine rings is 1. The molecule has 45 heavy (non-hydrogen) atoms. The molecule has 12 nitrogen and oxygen atoms in total. The van der Waals surface area contributed by atoms with E-state index in [-0.39, 0.29) is 17.9 Å². The second kappa shape index (κ2) is 12.6. The van der Waals surface area contributed by atoms with Crippen molar-refractivity contribution in [1.82, 2.24) is 24.4 Å². The first-order valence-electron chi connectivity index (χ1n) is 15.2.